The summed E-state index contributed by atoms with van der Waals surface area (Å²) in [6, 6.07) is 9.02. The molecule has 0 aromatic carbocycles. The first-order valence-electron chi connectivity index (χ1n) is 9.67. The van der Waals surface area contributed by atoms with E-state index in [0.29, 0.717) is 11.5 Å². The fraction of sp³-hybridized carbons (Fsp3) is 0.269. The molecule has 0 atom stereocenters. The number of carboxylic acid groups (broad SMARTS) is 1. The summed E-state index contributed by atoms with van der Waals surface area (Å²) in [7, 11) is 0. The molecular weight excluding hydrogens is 344 g/mol. The maximum absolute atomic E-state index is 10.6. The minimum atomic E-state index is -0.926. The molecule has 0 radical (unpaired) electrons. The first kappa shape index (κ1) is 21.4. The van der Waals surface area contributed by atoms with E-state index in [4.69, 9.17) is 5.11 Å². The Hall–Kier alpha value is -2.87. The van der Waals surface area contributed by atoms with Crippen LogP contribution in [0, 0.1) is 13.8 Å². The van der Waals surface area contributed by atoms with Crippen LogP contribution in [0.2, 0.25) is 0 Å². The Morgan fingerprint density at radius 2 is 1.71 bits per heavy atom. The van der Waals surface area contributed by atoms with Crippen LogP contribution in [0.3, 0.4) is 0 Å². The highest BCUT2D eigenvalue weighted by Gasteiger charge is 2.14. The molecule has 0 aliphatic heterocycles. The highest BCUT2D eigenvalue weighted by atomic mass is 16.4. The van der Waals surface area contributed by atoms with Gasteiger partial charge in [-0.15, -0.1) is 0 Å². The lowest BCUT2D eigenvalue weighted by atomic mass is 10.0. The van der Waals surface area contributed by atoms with Crippen LogP contribution >= 0.6 is 0 Å². The van der Waals surface area contributed by atoms with Gasteiger partial charge in [0.25, 0.3) is 0 Å². The number of fused-ring (bicyclic) bond motifs is 1. The van der Waals surface area contributed by atoms with Gasteiger partial charge in [0, 0.05) is 6.08 Å². The molecule has 2 rings (SSSR count). The molecule has 2 heteroatoms. The van der Waals surface area contributed by atoms with Gasteiger partial charge in [-0.05, 0) is 72.6 Å². The van der Waals surface area contributed by atoms with E-state index in [2.05, 4.69) is 64.1 Å². The van der Waals surface area contributed by atoms with Gasteiger partial charge in [-0.1, -0.05) is 74.1 Å². The van der Waals surface area contributed by atoms with Crippen molar-refractivity contribution >= 4 is 12.0 Å². The van der Waals surface area contributed by atoms with Crippen LogP contribution in [0.15, 0.2) is 65.8 Å². The number of allylic oxidation sites excluding steroid dienone is 6. The number of carbonyl (C=O) groups is 1. The van der Waals surface area contributed by atoms with Crippen LogP contribution in [-0.4, -0.2) is 11.1 Å². The standard InChI is InChI=1S/C26H30O2/c1-17(2)22-13-11-20(5)26-23(15-21(6)24(26)16-22)12-10-18(3)8-7-9-19(4)14-25(27)28/h7-17H,1-6H3,(H,27,28)/b9-7+,12-10+,18-8+,19-14+. The van der Waals surface area contributed by atoms with Gasteiger partial charge in [-0.25, -0.2) is 4.79 Å². The normalized spacial score (nSPS) is 13.4. The molecule has 28 heavy (non-hydrogen) atoms. The SMILES string of the molecule is CC(/C=C/c1cc(C)c2cc(C(C)C)ccc(C)c1-2)=C\C=C\C(C)=C\C(=O)O. The molecule has 0 unspecified atom stereocenters. The summed E-state index contributed by atoms with van der Waals surface area (Å²) in [5, 5.41) is 8.74. The van der Waals surface area contributed by atoms with Crippen molar-refractivity contribution in [1.29, 1.82) is 0 Å². The van der Waals surface area contributed by atoms with Gasteiger partial charge in [-0.2, -0.15) is 0 Å². The first-order chi connectivity index (χ1) is 13.2. The summed E-state index contributed by atoms with van der Waals surface area (Å²) in [6.07, 6.45) is 11.1. The van der Waals surface area contributed by atoms with E-state index >= 15 is 0 Å². The minimum Gasteiger partial charge on any atom is -0.478 e. The average Bonchev–Trinajstić information content (AvgIpc) is 2.78. The number of aliphatic carboxylic acids is 1. The molecule has 2 aliphatic rings. The van der Waals surface area contributed by atoms with E-state index in [1.807, 2.05) is 19.1 Å². The van der Waals surface area contributed by atoms with Crippen LogP contribution in [0.4, 0.5) is 0 Å². The number of hydrogen-bond acceptors (Lipinski definition) is 1. The van der Waals surface area contributed by atoms with Crippen molar-refractivity contribution in [2.24, 2.45) is 0 Å². The Balaban J connectivity index is 2.31. The van der Waals surface area contributed by atoms with Gasteiger partial charge in [0.15, 0.2) is 0 Å². The molecule has 146 valence electrons. The third-order valence-electron chi connectivity index (χ3n) is 4.85. The molecule has 0 amide bonds. The summed E-state index contributed by atoms with van der Waals surface area (Å²) in [4.78, 5) is 10.6. The van der Waals surface area contributed by atoms with Crippen molar-refractivity contribution in [3.8, 4) is 11.1 Å². The molecule has 2 nitrogen and oxygen atoms in total. The summed E-state index contributed by atoms with van der Waals surface area (Å²) >= 11 is 0. The summed E-state index contributed by atoms with van der Waals surface area (Å²) < 4.78 is 0. The quantitative estimate of drug-likeness (QED) is 0.433. The predicted molar refractivity (Wildman–Crippen MR) is 120 cm³/mol. The molecule has 1 N–H and O–H groups in total. The fourth-order valence-electron chi connectivity index (χ4n) is 3.24. The third-order valence-corrected chi connectivity index (χ3v) is 4.85. The zero-order chi connectivity index (χ0) is 20.8. The lowest BCUT2D eigenvalue weighted by Crippen LogP contribution is -1.87. The number of hydrogen-bond donors (Lipinski definition) is 1. The van der Waals surface area contributed by atoms with Crippen molar-refractivity contribution in [3.63, 3.8) is 0 Å². The number of aryl methyl sites for hydroxylation is 2. The van der Waals surface area contributed by atoms with Crippen LogP contribution < -0.4 is 0 Å². The Labute approximate surface area is 169 Å². The monoisotopic (exact) mass is 374 g/mol. The van der Waals surface area contributed by atoms with Gasteiger partial charge >= 0.3 is 5.97 Å². The molecule has 0 saturated heterocycles. The van der Waals surface area contributed by atoms with Crippen molar-refractivity contribution in [1.82, 2.24) is 0 Å². The van der Waals surface area contributed by atoms with Gasteiger partial charge < -0.3 is 5.11 Å². The highest BCUT2D eigenvalue weighted by Crippen LogP contribution is 2.36. The maximum Gasteiger partial charge on any atom is 0.328 e. The topological polar surface area (TPSA) is 37.3 Å². The first-order valence-corrected chi connectivity index (χ1v) is 9.67. The maximum atomic E-state index is 10.6. The van der Waals surface area contributed by atoms with Crippen molar-refractivity contribution < 1.29 is 9.90 Å². The van der Waals surface area contributed by atoms with Crippen LogP contribution in [0.5, 0.6) is 0 Å². The Bertz CT molecular complexity index is 953. The van der Waals surface area contributed by atoms with E-state index in [9.17, 15) is 4.79 Å². The van der Waals surface area contributed by atoms with Crippen LogP contribution in [-0.2, 0) is 4.79 Å². The lowest BCUT2D eigenvalue weighted by Gasteiger charge is -2.04. The molecule has 0 heterocycles. The number of rotatable bonds is 6. The molecule has 0 aromatic rings. The molecule has 0 spiro atoms. The summed E-state index contributed by atoms with van der Waals surface area (Å²) in [6.45, 7) is 12.6. The number of carboxylic acids is 1. The Kier molecular flexibility index (Phi) is 7.17. The summed E-state index contributed by atoms with van der Waals surface area (Å²) in [5.74, 6) is -0.427. The molecule has 0 bridgehead atoms. The van der Waals surface area contributed by atoms with E-state index in [1.165, 1.54) is 39.5 Å². The third kappa shape index (κ3) is 5.56. The highest BCUT2D eigenvalue weighted by molar-refractivity contribution is 5.84. The minimum absolute atomic E-state index is 0.499. The average molecular weight is 375 g/mol. The van der Waals surface area contributed by atoms with Gasteiger partial charge in [0.2, 0.25) is 0 Å². The van der Waals surface area contributed by atoms with E-state index < -0.39 is 5.97 Å². The van der Waals surface area contributed by atoms with Crippen molar-refractivity contribution in [2.75, 3.05) is 0 Å². The largest absolute Gasteiger partial charge is 0.478 e. The molecule has 0 aromatic heterocycles. The molecular formula is C26H30O2. The van der Waals surface area contributed by atoms with Gasteiger partial charge in [0.1, 0.15) is 0 Å². The fourth-order valence-corrected chi connectivity index (χ4v) is 3.24. The summed E-state index contributed by atoms with van der Waals surface area (Å²) in [5.41, 5.74) is 9.61. The second-order valence-electron chi connectivity index (χ2n) is 7.72. The zero-order valence-electron chi connectivity index (χ0n) is 17.7. The Morgan fingerprint density at radius 1 is 1.00 bits per heavy atom. The van der Waals surface area contributed by atoms with Crippen molar-refractivity contribution in [3.05, 3.63) is 88.0 Å². The molecule has 0 saturated carbocycles. The predicted octanol–water partition coefficient (Wildman–Crippen LogP) is 7.08. The van der Waals surface area contributed by atoms with Crippen molar-refractivity contribution in [2.45, 2.75) is 47.5 Å². The van der Waals surface area contributed by atoms with Gasteiger partial charge in [-0.3, -0.25) is 0 Å². The van der Waals surface area contributed by atoms with Gasteiger partial charge in [0.05, 0.1) is 0 Å². The van der Waals surface area contributed by atoms with Crippen LogP contribution in [0.1, 0.15) is 55.9 Å². The van der Waals surface area contributed by atoms with E-state index in [1.54, 1.807) is 13.0 Å². The zero-order valence-corrected chi connectivity index (χ0v) is 17.7. The van der Waals surface area contributed by atoms with Crippen LogP contribution in [0.25, 0.3) is 17.2 Å². The second kappa shape index (κ2) is 9.36. The molecule has 0 fully saturated rings. The second-order valence-corrected chi connectivity index (χ2v) is 7.72. The Morgan fingerprint density at radius 3 is 2.36 bits per heavy atom. The lowest BCUT2D eigenvalue weighted by molar-refractivity contribution is -0.131. The molecule has 2 aliphatic carbocycles. The van der Waals surface area contributed by atoms with E-state index in [-0.39, 0.29) is 0 Å². The smallest absolute Gasteiger partial charge is 0.328 e. The van der Waals surface area contributed by atoms with E-state index in [0.717, 1.165) is 5.57 Å².